The van der Waals surface area contributed by atoms with Crippen LogP contribution in [0.4, 0.5) is 0 Å². The number of aryl methyl sites for hydroxylation is 1. The van der Waals surface area contributed by atoms with Crippen molar-refractivity contribution in [3.63, 3.8) is 0 Å². The molecule has 0 amide bonds. The lowest BCUT2D eigenvalue weighted by Crippen LogP contribution is -2.38. The summed E-state index contributed by atoms with van der Waals surface area (Å²) in [5.41, 5.74) is 0. The topological polar surface area (TPSA) is 62.4 Å². The molecule has 96 valence electrons. The van der Waals surface area contributed by atoms with Crippen LogP contribution in [0.15, 0.2) is 4.42 Å². The van der Waals surface area contributed by atoms with E-state index < -0.39 is 0 Å². The maximum atomic E-state index is 9.23. The average molecular weight is 239 g/mol. The van der Waals surface area contributed by atoms with Gasteiger partial charge in [0.25, 0.3) is 0 Å². The summed E-state index contributed by atoms with van der Waals surface area (Å²) in [6, 6.07) is 0.150. The second-order valence-corrected chi connectivity index (χ2v) is 4.75. The maximum Gasteiger partial charge on any atom is 0.233 e. The van der Waals surface area contributed by atoms with Gasteiger partial charge in [-0.2, -0.15) is 0 Å². The molecule has 2 unspecified atom stereocenters. The minimum Gasteiger partial charge on any atom is -0.424 e. The molecule has 5 nitrogen and oxygen atoms in total. The summed E-state index contributed by atoms with van der Waals surface area (Å²) in [6.45, 7) is 6.33. The van der Waals surface area contributed by atoms with Gasteiger partial charge in [-0.3, -0.25) is 4.90 Å². The molecular formula is C12H21N3O2. The first kappa shape index (κ1) is 12.5. The number of hydrogen-bond acceptors (Lipinski definition) is 5. The van der Waals surface area contributed by atoms with Gasteiger partial charge >= 0.3 is 0 Å². The Labute approximate surface area is 102 Å². The van der Waals surface area contributed by atoms with E-state index in [0.29, 0.717) is 17.7 Å². The van der Waals surface area contributed by atoms with Crippen LogP contribution in [0.1, 0.15) is 44.5 Å². The summed E-state index contributed by atoms with van der Waals surface area (Å²) in [5.74, 6) is 1.78. The van der Waals surface area contributed by atoms with Gasteiger partial charge in [-0.25, -0.2) is 0 Å². The number of aliphatic hydroxyl groups is 1. The Morgan fingerprint density at radius 1 is 1.53 bits per heavy atom. The van der Waals surface area contributed by atoms with Crippen LogP contribution in [0.5, 0.6) is 0 Å². The molecule has 1 fully saturated rings. The minimum absolute atomic E-state index is 0.150. The Bertz CT molecular complexity index is 353. The Kier molecular flexibility index (Phi) is 4.12. The molecule has 17 heavy (non-hydrogen) atoms. The molecule has 1 N–H and O–H groups in total. The van der Waals surface area contributed by atoms with E-state index in [1.807, 2.05) is 6.92 Å². The fraction of sp³-hybridized carbons (Fsp3) is 0.833. The van der Waals surface area contributed by atoms with Crippen molar-refractivity contribution in [1.82, 2.24) is 15.1 Å². The number of rotatable bonds is 4. The summed E-state index contributed by atoms with van der Waals surface area (Å²) in [4.78, 5) is 2.32. The van der Waals surface area contributed by atoms with Gasteiger partial charge in [-0.15, -0.1) is 10.2 Å². The van der Waals surface area contributed by atoms with E-state index in [2.05, 4.69) is 22.0 Å². The minimum atomic E-state index is 0.150. The first-order valence-electron chi connectivity index (χ1n) is 6.41. The van der Waals surface area contributed by atoms with Gasteiger partial charge < -0.3 is 9.52 Å². The molecular weight excluding hydrogens is 218 g/mol. The predicted molar refractivity (Wildman–Crippen MR) is 63.5 cm³/mol. The van der Waals surface area contributed by atoms with Gasteiger partial charge in [0, 0.05) is 19.6 Å². The Morgan fingerprint density at radius 3 is 3.00 bits per heavy atom. The molecule has 0 saturated carbocycles. The lowest BCUT2D eigenvalue weighted by atomic mass is 9.98. The van der Waals surface area contributed by atoms with Gasteiger partial charge in [0.2, 0.25) is 11.8 Å². The van der Waals surface area contributed by atoms with Crippen LogP contribution in [-0.4, -0.2) is 39.9 Å². The van der Waals surface area contributed by atoms with E-state index >= 15 is 0 Å². The molecule has 1 aliphatic rings. The molecule has 2 rings (SSSR count). The van der Waals surface area contributed by atoms with Gasteiger partial charge in [-0.1, -0.05) is 6.92 Å². The molecule has 1 saturated heterocycles. The Morgan fingerprint density at radius 2 is 2.35 bits per heavy atom. The fourth-order valence-corrected chi connectivity index (χ4v) is 2.33. The van der Waals surface area contributed by atoms with Gasteiger partial charge in [0.05, 0.1) is 6.04 Å². The summed E-state index contributed by atoms with van der Waals surface area (Å²) < 4.78 is 5.59. The standard InChI is InChI=1S/C12H21N3O2/c1-3-11-13-14-12(17-11)9(2)15-6-4-5-10(7-15)8-16/h9-10,16H,3-8H2,1-2H3. The Hall–Kier alpha value is -0.940. The van der Waals surface area contributed by atoms with E-state index in [1.165, 1.54) is 0 Å². The quantitative estimate of drug-likeness (QED) is 0.860. The van der Waals surface area contributed by atoms with Crippen LogP contribution >= 0.6 is 0 Å². The van der Waals surface area contributed by atoms with E-state index in [9.17, 15) is 5.11 Å². The molecule has 1 aliphatic heterocycles. The van der Waals surface area contributed by atoms with Crippen LogP contribution < -0.4 is 0 Å². The van der Waals surface area contributed by atoms with Crippen LogP contribution in [-0.2, 0) is 6.42 Å². The fourth-order valence-electron chi connectivity index (χ4n) is 2.33. The SMILES string of the molecule is CCc1nnc(C(C)N2CCCC(CO)C2)o1. The van der Waals surface area contributed by atoms with Crippen LogP contribution in [0.25, 0.3) is 0 Å². The number of hydrogen-bond donors (Lipinski definition) is 1. The van der Waals surface area contributed by atoms with Crippen molar-refractivity contribution in [3.8, 4) is 0 Å². The van der Waals surface area contributed by atoms with Crippen molar-refractivity contribution < 1.29 is 9.52 Å². The van der Waals surface area contributed by atoms with Crippen molar-refractivity contribution in [1.29, 1.82) is 0 Å². The molecule has 5 heteroatoms. The number of aliphatic hydroxyl groups excluding tert-OH is 1. The van der Waals surface area contributed by atoms with E-state index in [0.717, 1.165) is 32.4 Å². The molecule has 0 bridgehead atoms. The number of nitrogens with zero attached hydrogens (tertiary/aromatic N) is 3. The highest BCUT2D eigenvalue weighted by atomic mass is 16.4. The first-order valence-corrected chi connectivity index (χ1v) is 6.41. The average Bonchev–Trinajstić information content (AvgIpc) is 2.86. The zero-order valence-corrected chi connectivity index (χ0v) is 10.6. The van der Waals surface area contributed by atoms with Crippen molar-refractivity contribution in [2.45, 2.75) is 39.2 Å². The highest BCUT2D eigenvalue weighted by Crippen LogP contribution is 2.25. The second-order valence-electron chi connectivity index (χ2n) is 4.75. The largest absolute Gasteiger partial charge is 0.424 e. The summed E-state index contributed by atoms with van der Waals surface area (Å²) in [5, 5.41) is 17.3. The van der Waals surface area contributed by atoms with Crippen molar-refractivity contribution in [2.75, 3.05) is 19.7 Å². The number of aromatic nitrogens is 2. The Balaban J connectivity index is 2.00. The molecule has 0 aromatic carbocycles. The predicted octanol–water partition coefficient (Wildman–Crippen LogP) is 1.40. The third kappa shape index (κ3) is 2.84. The lowest BCUT2D eigenvalue weighted by Gasteiger charge is -2.34. The number of piperidine rings is 1. The van der Waals surface area contributed by atoms with Crippen molar-refractivity contribution >= 4 is 0 Å². The van der Waals surface area contributed by atoms with E-state index in [-0.39, 0.29) is 12.6 Å². The molecule has 0 radical (unpaired) electrons. The summed E-state index contributed by atoms with van der Waals surface area (Å²) >= 11 is 0. The first-order chi connectivity index (χ1) is 8.24. The number of likely N-dealkylation sites (tertiary alicyclic amines) is 1. The molecule has 1 aromatic heterocycles. The smallest absolute Gasteiger partial charge is 0.233 e. The normalized spacial score (nSPS) is 23.8. The third-order valence-corrected chi connectivity index (χ3v) is 3.50. The van der Waals surface area contributed by atoms with Gasteiger partial charge in [-0.05, 0) is 32.2 Å². The zero-order chi connectivity index (χ0) is 12.3. The van der Waals surface area contributed by atoms with Crippen molar-refractivity contribution in [2.24, 2.45) is 5.92 Å². The maximum absolute atomic E-state index is 9.23. The molecule has 2 atom stereocenters. The van der Waals surface area contributed by atoms with Crippen LogP contribution in [0.3, 0.4) is 0 Å². The van der Waals surface area contributed by atoms with E-state index in [4.69, 9.17) is 4.42 Å². The second kappa shape index (κ2) is 5.60. The molecule has 2 heterocycles. The van der Waals surface area contributed by atoms with Crippen LogP contribution in [0.2, 0.25) is 0 Å². The summed E-state index contributed by atoms with van der Waals surface area (Å²) in [6.07, 6.45) is 3.02. The molecule has 1 aromatic rings. The molecule has 0 spiro atoms. The van der Waals surface area contributed by atoms with Gasteiger partial charge in [0.15, 0.2) is 0 Å². The van der Waals surface area contributed by atoms with Crippen LogP contribution in [0, 0.1) is 5.92 Å². The third-order valence-electron chi connectivity index (χ3n) is 3.50. The zero-order valence-electron chi connectivity index (χ0n) is 10.6. The van der Waals surface area contributed by atoms with E-state index in [1.54, 1.807) is 0 Å². The lowest BCUT2D eigenvalue weighted by molar-refractivity contribution is 0.0832. The van der Waals surface area contributed by atoms with Gasteiger partial charge in [0.1, 0.15) is 0 Å². The highest BCUT2D eigenvalue weighted by Gasteiger charge is 2.26. The van der Waals surface area contributed by atoms with Crippen molar-refractivity contribution in [3.05, 3.63) is 11.8 Å². The summed E-state index contributed by atoms with van der Waals surface area (Å²) in [7, 11) is 0. The molecule has 0 aliphatic carbocycles. The highest BCUT2D eigenvalue weighted by molar-refractivity contribution is 4.90. The monoisotopic (exact) mass is 239 g/mol.